The minimum atomic E-state index is -4.35. The van der Waals surface area contributed by atoms with Crippen molar-refractivity contribution in [1.82, 2.24) is 0 Å². The maximum atomic E-state index is 10.4. The molecule has 0 aromatic carbocycles. The summed E-state index contributed by atoms with van der Waals surface area (Å²) in [5.74, 6) is 0. The molecule has 0 fully saturated rings. The van der Waals surface area contributed by atoms with Gasteiger partial charge in [-0.3, -0.25) is 9.79 Å². The summed E-state index contributed by atoms with van der Waals surface area (Å²) < 4.78 is 14.7. The first-order valence-corrected chi connectivity index (χ1v) is 12.0. The van der Waals surface area contributed by atoms with Crippen molar-refractivity contribution in [2.24, 2.45) is 0 Å². The second-order valence-electron chi connectivity index (χ2n) is 7.06. The fourth-order valence-electron chi connectivity index (χ4n) is 3.00. The Kier molecular flexibility index (Phi) is 18.3. The SMILES string of the molecule is CCCCCCCCCCCCCCCCCCC=COP(=O)(O)O. The molecule has 5 heteroatoms. The van der Waals surface area contributed by atoms with Crippen LogP contribution in [-0.4, -0.2) is 9.79 Å². The maximum Gasteiger partial charge on any atom is 0.524 e. The van der Waals surface area contributed by atoms with E-state index in [0.29, 0.717) is 0 Å². The van der Waals surface area contributed by atoms with Crippen molar-refractivity contribution in [1.29, 1.82) is 0 Å². The van der Waals surface area contributed by atoms with Crippen molar-refractivity contribution in [3.05, 3.63) is 12.3 Å². The van der Waals surface area contributed by atoms with Crippen LogP contribution in [0.15, 0.2) is 12.3 Å². The Labute approximate surface area is 155 Å². The van der Waals surface area contributed by atoms with E-state index in [1.807, 2.05) is 0 Å². The number of unbranched alkanes of at least 4 members (excludes halogenated alkanes) is 16. The summed E-state index contributed by atoms with van der Waals surface area (Å²) in [4.78, 5) is 17.0. The molecule has 2 N–H and O–H groups in total. The van der Waals surface area contributed by atoms with Crippen LogP contribution in [0.4, 0.5) is 0 Å². The van der Waals surface area contributed by atoms with Crippen molar-refractivity contribution in [3.8, 4) is 0 Å². The fraction of sp³-hybridized carbons (Fsp3) is 0.900. The molecule has 150 valence electrons. The van der Waals surface area contributed by atoms with E-state index in [0.717, 1.165) is 19.1 Å². The molecule has 0 saturated heterocycles. The largest absolute Gasteiger partial charge is 0.524 e. The van der Waals surface area contributed by atoms with Crippen molar-refractivity contribution < 1.29 is 18.9 Å². The minimum Gasteiger partial charge on any atom is -0.413 e. The van der Waals surface area contributed by atoms with E-state index in [-0.39, 0.29) is 0 Å². The molecule has 0 rings (SSSR count). The van der Waals surface area contributed by atoms with Gasteiger partial charge in [-0.2, -0.15) is 0 Å². The van der Waals surface area contributed by atoms with Gasteiger partial charge in [-0.15, -0.1) is 0 Å². The topological polar surface area (TPSA) is 66.8 Å². The first-order chi connectivity index (χ1) is 12.1. The van der Waals surface area contributed by atoms with Crippen LogP contribution in [0.1, 0.15) is 116 Å². The number of phosphoric ester groups is 1. The van der Waals surface area contributed by atoms with Gasteiger partial charge in [-0.05, 0) is 18.9 Å². The fourth-order valence-corrected chi connectivity index (χ4v) is 3.25. The number of hydrogen-bond donors (Lipinski definition) is 2. The van der Waals surface area contributed by atoms with Gasteiger partial charge in [0.1, 0.15) is 0 Å². The van der Waals surface area contributed by atoms with E-state index in [9.17, 15) is 4.57 Å². The summed E-state index contributed by atoms with van der Waals surface area (Å²) in [7, 11) is -4.35. The Morgan fingerprint density at radius 1 is 0.680 bits per heavy atom. The van der Waals surface area contributed by atoms with Gasteiger partial charge >= 0.3 is 7.82 Å². The van der Waals surface area contributed by atoms with E-state index in [4.69, 9.17) is 9.79 Å². The third-order valence-electron chi connectivity index (χ3n) is 4.52. The van der Waals surface area contributed by atoms with Gasteiger partial charge in [0.05, 0.1) is 6.26 Å². The van der Waals surface area contributed by atoms with Gasteiger partial charge in [0.2, 0.25) is 0 Å². The molecule has 0 aliphatic heterocycles. The Hall–Kier alpha value is -0.310. The van der Waals surface area contributed by atoms with Gasteiger partial charge in [0.15, 0.2) is 0 Å². The Bertz CT molecular complexity index is 339. The number of phosphoric acid groups is 1. The molecule has 0 spiro atoms. The number of hydrogen-bond acceptors (Lipinski definition) is 2. The van der Waals surface area contributed by atoms with Crippen molar-refractivity contribution in [3.63, 3.8) is 0 Å². The van der Waals surface area contributed by atoms with E-state index >= 15 is 0 Å². The normalized spacial score (nSPS) is 12.1. The molecule has 0 heterocycles. The lowest BCUT2D eigenvalue weighted by molar-refractivity contribution is 0.258. The lowest BCUT2D eigenvalue weighted by Crippen LogP contribution is -1.83. The molecule has 0 unspecified atom stereocenters. The van der Waals surface area contributed by atoms with Gasteiger partial charge in [-0.25, -0.2) is 4.57 Å². The van der Waals surface area contributed by atoms with E-state index in [2.05, 4.69) is 11.4 Å². The number of rotatable bonds is 19. The van der Waals surface area contributed by atoms with E-state index in [1.165, 1.54) is 96.3 Å². The average molecular weight is 377 g/mol. The second kappa shape index (κ2) is 18.5. The molecule has 0 radical (unpaired) electrons. The summed E-state index contributed by atoms with van der Waals surface area (Å²) in [5, 5.41) is 0. The molecule has 0 saturated carbocycles. The summed E-state index contributed by atoms with van der Waals surface area (Å²) in [6.45, 7) is 2.27. The Balaban J connectivity index is 3.08. The molecule has 4 nitrogen and oxygen atoms in total. The molecular formula is C20H41O4P. The van der Waals surface area contributed by atoms with Crippen LogP contribution in [0.2, 0.25) is 0 Å². The molecule has 0 bridgehead atoms. The monoisotopic (exact) mass is 376 g/mol. The van der Waals surface area contributed by atoms with Crippen LogP contribution in [0, 0.1) is 0 Å². The summed E-state index contributed by atoms with van der Waals surface area (Å²) in [6, 6.07) is 0. The second-order valence-corrected chi connectivity index (χ2v) is 8.25. The third-order valence-corrected chi connectivity index (χ3v) is 4.92. The molecule has 0 aromatic rings. The van der Waals surface area contributed by atoms with Crippen LogP contribution in [0.3, 0.4) is 0 Å². The molecule has 0 amide bonds. The van der Waals surface area contributed by atoms with Crippen LogP contribution in [0.5, 0.6) is 0 Å². The predicted molar refractivity (Wildman–Crippen MR) is 106 cm³/mol. The summed E-state index contributed by atoms with van der Waals surface area (Å²) in [6.07, 6.45) is 25.2. The quantitative estimate of drug-likeness (QED) is 0.141. The molecule has 0 aliphatic rings. The van der Waals surface area contributed by atoms with E-state index < -0.39 is 7.82 Å². The Morgan fingerprint density at radius 3 is 1.40 bits per heavy atom. The predicted octanol–water partition coefficient (Wildman–Crippen LogP) is 7.26. The van der Waals surface area contributed by atoms with Gasteiger partial charge in [-0.1, -0.05) is 103 Å². The van der Waals surface area contributed by atoms with Gasteiger partial charge < -0.3 is 4.52 Å². The van der Waals surface area contributed by atoms with E-state index in [1.54, 1.807) is 6.08 Å². The highest BCUT2D eigenvalue weighted by molar-refractivity contribution is 7.46. The van der Waals surface area contributed by atoms with Crippen LogP contribution >= 0.6 is 7.82 Å². The highest BCUT2D eigenvalue weighted by atomic mass is 31.2. The highest BCUT2D eigenvalue weighted by Crippen LogP contribution is 2.35. The van der Waals surface area contributed by atoms with Crippen LogP contribution in [0.25, 0.3) is 0 Å². The van der Waals surface area contributed by atoms with Crippen LogP contribution in [-0.2, 0) is 9.09 Å². The van der Waals surface area contributed by atoms with Crippen molar-refractivity contribution >= 4 is 7.82 Å². The summed E-state index contributed by atoms with van der Waals surface area (Å²) in [5.41, 5.74) is 0. The minimum absolute atomic E-state index is 0.818. The molecular weight excluding hydrogens is 335 g/mol. The first kappa shape index (κ1) is 24.7. The summed E-state index contributed by atoms with van der Waals surface area (Å²) >= 11 is 0. The lowest BCUT2D eigenvalue weighted by atomic mass is 10.0. The number of allylic oxidation sites excluding steroid dienone is 1. The lowest BCUT2D eigenvalue weighted by Gasteiger charge is -2.03. The van der Waals surface area contributed by atoms with Crippen LogP contribution < -0.4 is 0 Å². The molecule has 25 heavy (non-hydrogen) atoms. The van der Waals surface area contributed by atoms with Gasteiger partial charge in [0, 0.05) is 0 Å². The maximum absolute atomic E-state index is 10.4. The Morgan fingerprint density at radius 2 is 1.04 bits per heavy atom. The first-order valence-electron chi connectivity index (χ1n) is 10.4. The average Bonchev–Trinajstić information content (AvgIpc) is 2.56. The zero-order valence-electron chi connectivity index (χ0n) is 16.3. The van der Waals surface area contributed by atoms with Gasteiger partial charge in [0.25, 0.3) is 0 Å². The molecule has 0 aromatic heterocycles. The molecule has 0 atom stereocenters. The third kappa shape index (κ3) is 23.7. The highest BCUT2D eigenvalue weighted by Gasteiger charge is 2.10. The zero-order valence-corrected chi connectivity index (χ0v) is 17.2. The van der Waals surface area contributed by atoms with Crippen molar-refractivity contribution in [2.45, 2.75) is 116 Å². The smallest absolute Gasteiger partial charge is 0.413 e. The van der Waals surface area contributed by atoms with Crippen molar-refractivity contribution in [2.75, 3.05) is 0 Å². The standard InChI is InChI=1S/C20H41O4P/c1-2-3-4-5-6-7-8-9-10-11-12-13-14-15-16-17-18-19-20-24-25(21,22)23/h19-20H,2-18H2,1H3,(H2,21,22,23). The molecule has 0 aliphatic carbocycles. The zero-order chi connectivity index (χ0) is 18.6.